The van der Waals surface area contributed by atoms with E-state index in [1.54, 1.807) is 6.20 Å². The van der Waals surface area contributed by atoms with E-state index in [-0.39, 0.29) is 0 Å². The summed E-state index contributed by atoms with van der Waals surface area (Å²) in [7, 11) is 0. The monoisotopic (exact) mass is 287 g/mol. The van der Waals surface area contributed by atoms with Crippen LogP contribution < -0.4 is 9.47 Å². The third-order valence-corrected chi connectivity index (χ3v) is 3.08. The zero-order chi connectivity index (χ0) is 15.1. The topological polar surface area (TPSA) is 51.6 Å². The van der Waals surface area contributed by atoms with Gasteiger partial charge in [0.2, 0.25) is 0 Å². The minimum absolute atomic E-state index is 0.473. The predicted octanol–water partition coefficient (Wildman–Crippen LogP) is 3.16. The maximum absolute atomic E-state index is 10.4. The Labute approximate surface area is 125 Å². The standard InChI is InChI=1S/C17H21NO3/c1-3-20-16-9-8-13(11-17(16)21-4-2)15(19)12-14-7-5-6-10-18-14/h5-11,15,19H,3-4,12H2,1-2H3. The van der Waals surface area contributed by atoms with Crippen molar-refractivity contribution in [2.24, 2.45) is 0 Å². The van der Waals surface area contributed by atoms with Gasteiger partial charge in [-0.15, -0.1) is 0 Å². The van der Waals surface area contributed by atoms with Crippen molar-refractivity contribution in [1.29, 1.82) is 0 Å². The molecule has 1 atom stereocenters. The molecule has 4 heteroatoms. The molecule has 1 aromatic heterocycles. The summed E-state index contributed by atoms with van der Waals surface area (Å²) >= 11 is 0. The lowest BCUT2D eigenvalue weighted by molar-refractivity contribution is 0.176. The van der Waals surface area contributed by atoms with Crippen molar-refractivity contribution in [3.05, 3.63) is 53.9 Å². The second-order valence-corrected chi connectivity index (χ2v) is 4.61. The zero-order valence-corrected chi connectivity index (χ0v) is 12.5. The average Bonchev–Trinajstić information content (AvgIpc) is 2.50. The number of hydrogen-bond donors (Lipinski definition) is 1. The van der Waals surface area contributed by atoms with Crippen LogP contribution in [0.5, 0.6) is 11.5 Å². The van der Waals surface area contributed by atoms with Gasteiger partial charge in [0.05, 0.1) is 19.3 Å². The van der Waals surface area contributed by atoms with Crippen molar-refractivity contribution in [3.8, 4) is 11.5 Å². The van der Waals surface area contributed by atoms with Gasteiger partial charge in [-0.25, -0.2) is 0 Å². The van der Waals surface area contributed by atoms with Crippen molar-refractivity contribution < 1.29 is 14.6 Å². The van der Waals surface area contributed by atoms with E-state index >= 15 is 0 Å². The molecule has 0 spiro atoms. The number of pyridine rings is 1. The number of aliphatic hydroxyl groups is 1. The highest BCUT2D eigenvalue weighted by Crippen LogP contribution is 2.31. The summed E-state index contributed by atoms with van der Waals surface area (Å²) in [5.74, 6) is 1.37. The lowest BCUT2D eigenvalue weighted by atomic mass is 10.0. The summed E-state index contributed by atoms with van der Waals surface area (Å²) in [6, 6.07) is 11.2. The Balaban J connectivity index is 2.17. The Bertz CT molecular complexity index is 557. The molecule has 112 valence electrons. The Morgan fingerprint density at radius 1 is 1.05 bits per heavy atom. The number of benzene rings is 1. The van der Waals surface area contributed by atoms with Gasteiger partial charge in [-0.05, 0) is 43.7 Å². The second-order valence-electron chi connectivity index (χ2n) is 4.61. The molecule has 1 unspecified atom stereocenters. The third kappa shape index (κ3) is 4.20. The highest BCUT2D eigenvalue weighted by atomic mass is 16.5. The largest absolute Gasteiger partial charge is 0.490 e. The molecule has 0 saturated carbocycles. The molecule has 0 fully saturated rings. The molecule has 1 N–H and O–H groups in total. The van der Waals surface area contributed by atoms with E-state index in [4.69, 9.17) is 9.47 Å². The van der Waals surface area contributed by atoms with Crippen LogP contribution in [0.15, 0.2) is 42.6 Å². The first-order valence-electron chi connectivity index (χ1n) is 7.22. The van der Waals surface area contributed by atoms with Gasteiger partial charge in [-0.1, -0.05) is 12.1 Å². The molecule has 2 aromatic rings. The lowest BCUT2D eigenvalue weighted by Crippen LogP contribution is -2.05. The molecule has 1 heterocycles. The fourth-order valence-electron chi connectivity index (χ4n) is 2.11. The van der Waals surface area contributed by atoms with Crippen LogP contribution in [0.25, 0.3) is 0 Å². The average molecular weight is 287 g/mol. The van der Waals surface area contributed by atoms with Gasteiger partial charge in [0.15, 0.2) is 11.5 Å². The zero-order valence-electron chi connectivity index (χ0n) is 12.5. The Morgan fingerprint density at radius 3 is 2.48 bits per heavy atom. The van der Waals surface area contributed by atoms with Gasteiger partial charge in [-0.3, -0.25) is 4.98 Å². The van der Waals surface area contributed by atoms with E-state index < -0.39 is 6.10 Å². The Hall–Kier alpha value is -2.07. The summed E-state index contributed by atoms with van der Waals surface area (Å²) in [6.45, 7) is 4.99. The van der Waals surface area contributed by atoms with Crippen molar-refractivity contribution in [1.82, 2.24) is 4.98 Å². The molecule has 0 aliphatic carbocycles. The van der Waals surface area contributed by atoms with Crippen LogP contribution in [0.3, 0.4) is 0 Å². The summed E-state index contributed by atoms with van der Waals surface area (Å²) < 4.78 is 11.1. The van der Waals surface area contributed by atoms with Gasteiger partial charge in [0.1, 0.15) is 0 Å². The van der Waals surface area contributed by atoms with E-state index in [1.807, 2.05) is 50.2 Å². The fraction of sp³-hybridized carbons (Fsp3) is 0.353. The van der Waals surface area contributed by atoms with Gasteiger partial charge in [0.25, 0.3) is 0 Å². The molecule has 4 nitrogen and oxygen atoms in total. The number of aromatic nitrogens is 1. The molecule has 2 rings (SSSR count). The van der Waals surface area contributed by atoms with Crippen LogP contribution in [0.2, 0.25) is 0 Å². The first kappa shape index (κ1) is 15.3. The molecule has 0 radical (unpaired) electrons. The van der Waals surface area contributed by atoms with Crippen LogP contribution in [0.4, 0.5) is 0 Å². The number of rotatable bonds is 7. The number of ether oxygens (including phenoxy) is 2. The Morgan fingerprint density at radius 2 is 1.81 bits per heavy atom. The maximum atomic E-state index is 10.4. The molecule has 0 bridgehead atoms. The number of hydrogen-bond acceptors (Lipinski definition) is 4. The summed E-state index contributed by atoms with van der Waals surface area (Å²) in [5, 5.41) is 10.4. The first-order chi connectivity index (χ1) is 10.2. The molecular formula is C17H21NO3. The van der Waals surface area contributed by atoms with Crippen LogP contribution in [-0.2, 0) is 6.42 Å². The van der Waals surface area contributed by atoms with Gasteiger partial charge in [-0.2, -0.15) is 0 Å². The second kappa shape index (κ2) is 7.64. The SMILES string of the molecule is CCOc1ccc(C(O)Cc2ccccn2)cc1OCC. The van der Waals surface area contributed by atoms with Crippen molar-refractivity contribution in [2.45, 2.75) is 26.4 Å². The molecule has 1 aromatic carbocycles. The van der Waals surface area contributed by atoms with Crippen LogP contribution in [-0.4, -0.2) is 23.3 Å². The predicted molar refractivity (Wildman–Crippen MR) is 81.7 cm³/mol. The van der Waals surface area contributed by atoms with E-state index in [0.717, 1.165) is 11.3 Å². The minimum Gasteiger partial charge on any atom is -0.490 e. The summed E-state index contributed by atoms with van der Waals surface area (Å²) in [5.41, 5.74) is 1.66. The van der Waals surface area contributed by atoms with E-state index in [2.05, 4.69) is 4.98 Å². The Kier molecular flexibility index (Phi) is 5.58. The van der Waals surface area contributed by atoms with E-state index in [1.165, 1.54) is 0 Å². The molecular weight excluding hydrogens is 266 g/mol. The smallest absolute Gasteiger partial charge is 0.161 e. The quantitative estimate of drug-likeness (QED) is 0.850. The normalized spacial score (nSPS) is 12.0. The van der Waals surface area contributed by atoms with Gasteiger partial charge < -0.3 is 14.6 Å². The van der Waals surface area contributed by atoms with Crippen LogP contribution in [0, 0.1) is 0 Å². The van der Waals surface area contributed by atoms with Gasteiger partial charge in [0, 0.05) is 18.3 Å². The molecule has 0 aliphatic rings. The van der Waals surface area contributed by atoms with Gasteiger partial charge >= 0.3 is 0 Å². The summed E-state index contributed by atoms with van der Waals surface area (Å²) in [6.07, 6.45) is 1.58. The van der Waals surface area contributed by atoms with E-state index in [9.17, 15) is 5.11 Å². The molecule has 21 heavy (non-hydrogen) atoms. The third-order valence-electron chi connectivity index (χ3n) is 3.08. The lowest BCUT2D eigenvalue weighted by Gasteiger charge is -2.15. The van der Waals surface area contributed by atoms with Crippen molar-refractivity contribution in [2.75, 3.05) is 13.2 Å². The minimum atomic E-state index is -0.616. The molecule has 0 saturated heterocycles. The number of aliphatic hydroxyl groups excluding tert-OH is 1. The highest BCUT2D eigenvalue weighted by Gasteiger charge is 2.13. The fourth-order valence-corrected chi connectivity index (χ4v) is 2.11. The summed E-state index contributed by atoms with van der Waals surface area (Å²) in [4.78, 5) is 4.23. The molecule has 0 amide bonds. The maximum Gasteiger partial charge on any atom is 0.161 e. The highest BCUT2D eigenvalue weighted by molar-refractivity contribution is 5.43. The van der Waals surface area contributed by atoms with Crippen molar-refractivity contribution in [3.63, 3.8) is 0 Å². The first-order valence-corrected chi connectivity index (χ1v) is 7.22. The van der Waals surface area contributed by atoms with Crippen molar-refractivity contribution >= 4 is 0 Å². The van der Waals surface area contributed by atoms with E-state index in [0.29, 0.717) is 31.1 Å². The van der Waals surface area contributed by atoms with Crippen LogP contribution >= 0.6 is 0 Å². The number of nitrogens with zero attached hydrogens (tertiary/aromatic N) is 1. The van der Waals surface area contributed by atoms with Crippen LogP contribution in [0.1, 0.15) is 31.2 Å². The molecule has 0 aliphatic heterocycles.